The van der Waals surface area contributed by atoms with Gasteiger partial charge in [-0.05, 0) is 66.6 Å². The van der Waals surface area contributed by atoms with Crippen molar-refractivity contribution in [2.75, 3.05) is 25.1 Å². The number of methoxy groups -OCH3 is 1. The molecule has 0 bridgehead atoms. The largest absolute Gasteiger partial charge is 0.507 e. The molecule has 5 rings (SSSR count). The van der Waals surface area contributed by atoms with Gasteiger partial charge in [-0.15, -0.1) is 0 Å². The zero-order valence-corrected chi connectivity index (χ0v) is 20.8. The van der Waals surface area contributed by atoms with E-state index in [0.717, 1.165) is 59.4 Å². The van der Waals surface area contributed by atoms with Crippen LogP contribution in [0.3, 0.4) is 0 Å². The number of ether oxygens (including phenoxy) is 1. The van der Waals surface area contributed by atoms with Crippen LogP contribution in [0.25, 0.3) is 33.4 Å². The first kappa shape index (κ1) is 23.5. The average Bonchev–Trinajstić information content (AvgIpc) is 2.93. The first-order valence-corrected chi connectivity index (χ1v) is 12.5. The number of phenolic OH excluding ortho intramolecular Hbond substituents is 1. The standard InChI is InChI=1S/C32H30N2O2/c1-22-11-13-23(14-12-22)27-20-29(34-17-7-4-8-18-34)28(21-33)32(31(27)24-9-5-3-6-10-24)26-16-15-25(36-2)19-30(26)35/h3,5-6,9-16,19-20,35H,4,7-8,17-18H2,1-2H3. The summed E-state index contributed by atoms with van der Waals surface area (Å²) in [6.07, 6.45) is 3.42. The van der Waals surface area contributed by atoms with Gasteiger partial charge in [0.1, 0.15) is 17.6 Å². The lowest BCUT2D eigenvalue weighted by molar-refractivity contribution is 0.408. The zero-order valence-electron chi connectivity index (χ0n) is 20.8. The normalized spacial score (nSPS) is 13.3. The Morgan fingerprint density at radius 2 is 1.53 bits per heavy atom. The van der Waals surface area contributed by atoms with Crippen molar-refractivity contribution >= 4 is 5.69 Å². The van der Waals surface area contributed by atoms with Gasteiger partial charge in [-0.3, -0.25) is 0 Å². The summed E-state index contributed by atoms with van der Waals surface area (Å²) in [7, 11) is 1.58. The Hall–Kier alpha value is -4.23. The topological polar surface area (TPSA) is 56.5 Å². The van der Waals surface area contributed by atoms with Crippen molar-refractivity contribution < 1.29 is 9.84 Å². The van der Waals surface area contributed by atoms with Crippen LogP contribution in [0, 0.1) is 18.3 Å². The number of nitriles is 1. The Bertz CT molecular complexity index is 1410. The van der Waals surface area contributed by atoms with E-state index in [-0.39, 0.29) is 5.75 Å². The SMILES string of the molecule is COc1ccc(-c2c(C#N)c(N3CCCCC3)cc(-c3ccc(C)cc3)c2-c2ccccc2)c(O)c1. The lowest BCUT2D eigenvalue weighted by Gasteiger charge is -2.32. The van der Waals surface area contributed by atoms with Crippen LogP contribution in [-0.4, -0.2) is 25.3 Å². The molecule has 1 aliphatic rings. The van der Waals surface area contributed by atoms with Gasteiger partial charge >= 0.3 is 0 Å². The van der Waals surface area contributed by atoms with Gasteiger partial charge in [0.25, 0.3) is 0 Å². The number of aryl methyl sites for hydroxylation is 1. The predicted molar refractivity (Wildman–Crippen MR) is 146 cm³/mol. The van der Waals surface area contributed by atoms with Gasteiger partial charge in [-0.2, -0.15) is 5.26 Å². The van der Waals surface area contributed by atoms with Crippen LogP contribution >= 0.6 is 0 Å². The molecular weight excluding hydrogens is 444 g/mol. The minimum absolute atomic E-state index is 0.0914. The van der Waals surface area contributed by atoms with Crippen molar-refractivity contribution in [2.24, 2.45) is 0 Å². The number of benzene rings is 4. The maximum atomic E-state index is 11.2. The lowest BCUT2D eigenvalue weighted by Crippen LogP contribution is -2.30. The number of phenols is 1. The molecular formula is C32H30N2O2. The number of hydrogen-bond acceptors (Lipinski definition) is 4. The molecule has 4 heteroatoms. The van der Waals surface area contributed by atoms with Crippen molar-refractivity contribution in [2.45, 2.75) is 26.2 Å². The summed E-state index contributed by atoms with van der Waals surface area (Å²) >= 11 is 0. The molecule has 0 aliphatic carbocycles. The number of piperidine rings is 1. The van der Waals surface area contributed by atoms with Crippen molar-refractivity contribution in [3.63, 3.8) is 0 Å². The molecule has 4 aromatic rings. The van der Waals surface area contributed by atoms with E-state index in [1.165, 1.54) is 12.0 Å². The van der Waals surface area contributed by atoms with E-state index in [1.54, 1.807) is 13.2 Å². The molecule has 1 aliphatic heterocycles. The fourth-order valence-corrected chi connectivity index (χ4v) is 5.15. The molecule has 0 aromatic heterocycles. The van der Waals surface area contributed by atoms with Gasteiger partial charge in [0.15, 0.2) is 0 Å². The fraction of sp³-hybridized carbons (Fsp3) is 0.219. The molecule has 4 nitrogen and oxygen atoms in total. The summed E-state index contributed by atoms with van der Waals surface area (Å²) in [5.41, 5.74) is 8.16. The van der Waals surface area contributed by atoms with Crippen LogP contribution in [0.15, 0.2) is 78.9 Å². The summed E-state index contributed by atoms with van der Waals surface area (Å²) in [5.74, 6) is 0.663. The summed E-state index contributed by atoms with van der Waals surface area (Å²) < 4.78 is 5.35. The van der Waals surface area contributed by atoms with Crippen molar-refractivity contribution in [3.8, 4) is 50.9 Å². The van der Waals surface area contributed by atoms with Crippen LogP contribution in [0.1, 0.15) is 30.4 Å². The highest BCUT2D eigenvalue weighted by Crippen LogP contribution is 2.48. The number of nitrogens with zero attached hydrogens (tertiary/aromatic N) is 2. The Kier molecular flexibility index (Phi) is 6.64. The summed E-state index contributed by atoms with van der Waals surface area (Å²) in [6, 6.07) is 28.7. The van der Waals surface area contributed by atoms with Crippen LogP contribution in [0.5, 0.6) is 11.5 Å². The second kappa shape index (κ2) is 10.2. The summed E-state index contributed by atoms with van der Waals surface area (Å²) in [4.78, 5) is 2.33. The first-order valence-electron chi connectivity index (χ1n) is 12.5. The quantitative estimate of drug-likeness (QED) is 0.324. The third-order valence-corrected chi connectivity index (χ3v) is 7.01. The van der Waals surface area contributed by atoms with E-state index >= 15 is 0 Å². The van der Waals surface area contributed by atoms with E-state index in [4.69, 9.17) is 4.74 Å². The smallest absolute Gasteiger partial charge is 0.127 e. The Morgan fingerprint density at radius 3 is 2.17 bits per heavy atom. The molecule has 0 radical (unpaired) electrons. The molecule has 180 valence electrons. The van der Waals surface area contributed by atoms with Crippen molar-refractivity contribution in [1.29, 1.82) is 5.26 Å². The zero-order chi connectivity index (χ0) is 25.1. The third kappa shape index (κ3) is 4.41. The highest BCUT2D eigenvalue weighted by atomic mass is 16.5. The molecule has 0 unspecified atom stereocenters. The Labute approximate surface area is 213 Å². The van der Waals surface area contributed by atoms with Crippen molar-refractivity contribution in [1.82, 2.24) is 0 Å². The van der Waals surface area contributed by atoms with Gasteiger partial charge < -0.3 is 14.7 Å². The van der Waals surface area contributed by atoms with Gasteiger partial charge in [0.2, 0.25) is 0 Å². The molecule has 1 heterocycles. The van der Waals surface area contributed by atoms with Gasteiger partial charge in [-0.1, -0.05) is 60.2 Å². The second-order valence-electron chi connectivity index (χ2n) is 9.34. The molecule has 36 heavy (non-hydrogen) atoms. The van der Waals surface area contributed by atoms with E-state index in [9.17, 15) is 10.4 Å². The summed E-state index contributed by atoms with van der Waals surface area (Å²) in [5, 5.41) is 21.7. The molecule has 1 fully saturated rings. The molecule has 0 saturated carbocycles. The predicted octanol–water partition coefficient (Wildman–Crippen LogP) is 7.57. The Balaban J connectivity index is 1.91. The van der Waals surface area contributed by atoms with Gasteiger partial charge in [0.05, 0.1) is 18.4 Å². The highest BCUT2D eigenvalue weighted by Gasteiger charge is 2.26. The van der Waals surface area contributed by atoms with Crippen LogP contribution in [0.4, 0.5) is 5.69 Å². The second-order valence-corrected chi connectivity index (χ2v) is 9.34. The average molecular weight is 475 g/mol. The molecule has 0 atom stereocenters. The maximum Gasteiger partial charge on any atom is 0.127 e. The number of anilines is 1. The minimum Gasteiger partial charge on any atom is -0.507 e. The van der Waals surface area contributed by atoms with E-state index in [2.05, 4.69) is 60.4 Å². The minimum atomic E-state index is 0.0914. The van der Waals surface area contributed by atoms with Crippen LogP contribution in [-0.2, 0) is 0 Å². The molecule has 4 aromatic carbocycles. The summed E-state index contributed by atoms with van der Waals surface area (Å²) in [6.45, 7) is 3.92. The van der Waals surface area contributed by atoms with E-state index in [0.29, 0.717) is 16.9 Å². The van der Waals surface area contributed by atoms with Crippen molar-refractivity contribution in [3.05, 3.63) is 90.0 Å². The number of aromatic hydroxyl groups is 1. The molecule has 1 N–H and O–H groups in total. The highest BCUT2D eigenvalue weighted by molar-refractivity contribution is 6.01. The molecule has 0 spiro atoms. The van der Waals surface area contributed by atoms with E-state index in [1.807, 2.05) is 30.3 Å². The third-order valence-electron chi connectivity index (χ3n) is 7.01. The monoisotopic (exact) mass is 474 g/mol. The molecule has 1 saturated heterocycles. The number of rotatable bonds is 5. The lowest BCUT2D eigenvalue weighted by atomic mass is 9.83. The van der Waals surface area contributed by atoms with E-state index < -0.39 is 0 Å². The fourth-order valence-electron chi connectivity index (χ4n) is 5.15. The van der Waals surface area contributed by atoms with Gasteiger partial charge in [0, 0.05) is 30.3 Å². The Morgan fingerprint density at radius 1 is 0.806 bits per heavy atom. The maximum absolute atomic E-state index is 11.2. The first-order chi connectivity index (χ1) is 17.6. The number of hydrogen-bond donors (Lipinski definition) is 1. The van der Waals surface area contributed by atoms with Crippen LogP contribution < -0.4 is 9.64 Å². The van der Waals surface area contributed by atoms with Crippen LogP contribution in [0.2, 0.25) is 0 Å². The van der Waals surface area contributed by atoms with Gasteiger partial charge in [-0.25, -0.2) is 0 Å². The molecule has 0 amide bonds.